The van der Waals surface area contributed by atoms with Crippen LogP contribution in [0.4, 0.5) is 5.95 Å². The smallest absolute Gasteiger partial charge is 0.253 e. The fraction of sp³-hybridized carbons (Fsp3) is 0.316. The number of aromatic nitrogens is 3. The van der Waals surface area contributed by atoms with Gasteiger partial charge in [-0.05, 0) is 38.4 Å². The summed E-state index contributed by atoms with van der Waals surface area (Å²) in [5.74, 6) is 0.910. The Morgan fingerprint density at radius 1 is 1.19 bits per heavy atom. The van der Waals surface area contributed by atoms with Gasteiger partial charge in [-0.15, -0.1) is 5.10 Å². The molecule has 4 rings (SSSR count). The molecule has 1 saturated heterocycles. The van der Waals surface area contributed by atoms with Gasteiger partial charge < -0.3 is 15.5 Å². The van der Waals surface area contributed by atoms with Crippen LogP contribution in [-0.4, -0.2) is 64.0 Å². The van der Waals surface area contributed by atoms with Gasteiger partial charge in [-0.3, -0.25) is 4.79 Å². The monoisotopic (exact) mass is 350 g/mol. The van der Waals surface area contributed by atoms with Gasteiger partial charge in [0.2, 0.25) is 5.95 Å². The SMILES string of the molecule is CN(C)CC1CN(C(=O)c2ccc(-c3cccc4nc(N)nn34)cc2)C1. The number of nitrogens with zero attached hydrogens (tertiary/aromatic N) is 5. The van der Waals surface area contributed by atoms with E-state index in [1.807, 2.05) is 47.4 Å². The van der Waals surface area contributed by atoms with Crippen molar-refractivity contribution in [3.8, 4) is 11.3 Å². The molecule has 0 radical (unpaired) electrons. The number of likely N-dealkylation sites (tertiary alicyclic amines) is 1. The molecule has 26 heavy (non-hydrogen) atoms. The summed E-state index contributed by atoms with van der Waals surface area (Å²) in [5.41, 5.74) is 8.97. The van der Waals surface area contributed by atoms with E-state index < -0.39 is 0 Å². The Balaban J connectivity index is 1.51. The molecule has 1 aromatic carbocycles. The highest BCUT2D eigenvalue weighted by Crippen LogP contribution is 2.23. The highest BCUT2D eigenvalue weighted by atomic mass is 16.2. The zero-order chi connectivity index (χ0) is 18.3. The number of hydrogen-bond donors (Lipinski definition) is 1. The molecule has 0 aliphatic carbocycles. The highest BCUT2D eigenvalue weighted by molar-refractivity contribution is 5.95. The van der Waals surface area contributed by atoms with E-state index >= 15 is 0 Å². The second-order valence-corrected chi connectivity index (χ2v) is 7.07. The summed E-state index contributed by atoms with van der Waals surface area (Å²) in [7, 11) is 4.12. The molecule has 134 valence electrons. The highest BCUT2D eigenvalue weighted by Gasteiger charge is 2.31. The standard InChI is InChI=1S/C19H22N6O/c1-23(2)10-13-11-24(12-13)18(26)15-8-6-14(7-9-15)16-4-3-5-17-21-19(20)22-25(16)17/h3-9,13H,10-12H2,1-2H3,(H2,20,22). The number of pyridine rings is 1. The van der Waals surface area contributed by atoms with E-state index in [-0.39, 0.29) is 11.9 Å². The van der Waals surface area contributed by atoms with Crippen LogP contribution < -0.4 is 5.73 Å². The lowest BCUT2D eigenvalue weighted by molar-refractivity contribution is 0.0450. The number of benzene rings is 1. The minimum absolute atomic E-state index is 0.0924. The van der Waals surface area contributed by atoms with Gasteiger partial charge in [0.05, 0.1) is 5.69 Å². The van der Waals surface area contributed by atoms with Gasteiger partial charge in [0, 0.05) is 36.7 Å². The number of anilines is 1. The van der Waals surface area contributed by atoms with Crippen LogP contribution in [0.25, 0.3) is 16.9 Å². The molecular weight excluding hydrogens is 328 g/mol. The fourth-order valence-electron chi connectivity index (χ4n) is 3.47. The molecule has 0 bridgehead atoms. The molecule has 0 spiro atoms. The number of carbonyl (C=O) groups is 1. The lowest BCUT2D eigenvalue weighted by Crippen LogP contribution is -2.53. The van der Waals surface area contributed by atoms with Crippen LogP contribution >= 0.6 is 0 Å². The Morgan fingerprint density at radius 2 is 1.92 bits per heavy atom. The maximum atomic E-state index is 12.6. The van der Waals surface area contributed by atoms with Crippen LogP contribution in [0.5, 0.6) is 0 Å². The molecule has 1 aliphatic heterocycles. The zero-order valence-electron chi connectivity index (χ0n) is 15.0. The molecule has 3 heterocycles. The van der Waals surface area contributed by atoms with Crippen molar-refractivity contribution in [2.75, 3.05) is 39.5 Å². The van der Waals surface area contributed by atoms with Crippen LogP contribution in [0.3, 0.4) is 0 Å². The average Bonchev–Trinajstić information content (AvgIpc) is 2.97. The molecule has 7 heteroatoms. The van der Waals surface area contributed by atoms with Gasteiger partial charge in [-0.1, -0.05) is 18.2 Å². The zero-order valence-corrected chi connectivity index (χ0v) is 15.0. The minimum Gasteiger partial charge on any atom is -0.366 e. The fourth-order valence-corrected chi connectivity index (χ4v) is 3.47. The third kappa shape index (κ3) is 3.01. The molecule has 2 aromatic heterocycles. The Kier molecular flexibility index (Phi) is 4.08. The second-order valence-electron chi connectivity index (χ2n) is 7.07. The van der Waals surface area contributed by atoms with Crippen molar-refractivity contribution >= 4 is 17.5 Å². The van der Waals surface area contributed by atoms with Crippen LogP contribution in [-0.2, 0) is 0 Å². The topological polar surface area (TPSA) is 79.8 Å². The van der Waals surface area contributed by atoms with Crippen molar-refractivity contribution in [1.29, 1.82) is 0 Å². The number of hydrogen-bond acceptors (Lipinski definition) is 5. The van der Waals surface area contributed by atoms with E-state index in [1.54, 1.807) is 4.52 Å². The molecule has 1 aliphatic rings. The van der Waals surface area contributed by atoms with Crippen molar-refractivity contribution in [3.05, 3.63) is 48.0 Å². The number of rotatable bonds is 4. The van der Waals surface area contributed by atoms with E-state index in [1.165, 1.54) is 0 Å². The lowest BCUT2D eigenvalue weighted by atomic mass is 9.98. The van der Waals surface area contributed by atoms with E-state index in [0.717, 1.165) is 30.9 Å². The van der Waals surface area contributed by atoms with Crippen molar-refractivity contribution in [1.82, 2.24) is 24.4 Å². The third-order valence-electron chi connectivity index (χ3n) is 4.67. The first-order chi connectivity index (χ1) is 12.5. The summed E-state index contributed by atoms with van der Waals surface area (Å²) >= 11 is 0. The summed E-state index contributed by atoms with van der Waals surface area (Å²) in [6.45, 7) is 2.68. The molecule has 3 aromatic rings. The molecule has 0 saturated carbocycles. The predicted octanol–water partition coefficient (Wildman–Crippen LogP) is 1.61. The number of fused-ring (bicyclic) bond motifs is 1. The summed E-state index contributed by atoms with van der Waals surface area (Å²) in [6.07, 6.45) is 0. The van der Waals surface area contributed by atoms with Crippen LogP contribution in [0.15, 0.2) is 42.5 Å². The maximum Gasteiger partial charge on any atom is 0.253 e. The first-order valence-electron chi connectivity index (χ1n) is 8.67. The largest absolute Gasteiger partial charge is 0.366 e. The summed E-state index contributed by atoms with van der Waals surface area (Å²) in [5, 5.41) is 4.23. The number of nitrogen functional groups attached to an aromatic ring is 1. The quantitative estimate of drug-likeness (QED) is 0.773. The Morgan fingerprint density at radius 3 is 2.62 bits per heavy atom. The van der Waals surface area contributed by atoms with Gasteiger partial charge in [0.15, 0.2) is 5.65 Å². The Hall–Kier alpha value is -2.93. The molecule has 0 unspecified atom stereocenters. The first kappa shape index (κ1) is 16.5. The van der Waals surface area contributed by atoms with Gasteiger partial charge in [0.25, 0.3) is 5.91 Å². The predicted molar refractivity (Wildman–Crippen MR) is 101 cm³/mol. The second kappa shape index (κ2) is 6.42. The Labute approximate surface area is 152 Å². The van der Waals surface area contributed by atoms with E-state index in [4.69, 9.17) is 5.73 Å². The van der Waals surface area contributed by atoms with Crippen LogP contribution in [0.1, 0.15) is 10.4 Å². The van der Waals surface area contributed by atoms with Gasteiger partial charge in [-0.2, -0.15) is 4.98 Å². The van der Waals surface area contributed by atoms with Crippen molar-refractivity contribution in [2.45, 2.75) is 0 Å². The van der Waals surface area contributed by atoms with Gasteiger partial charge >= 0.3 is 0 Å². The third-order valence-corrected chi connectivity index (χ3v) is 4.67. The lowest BCUT2D eigenvalue weighted by Gasteiger charge is -2.40. The molecular formula is C19H22N6O. The normalized spacial score (nSPS) is 14.8. The molecule has 1 amide bonds. The van der Waals surface area contributed by atoms with Crippen LogP contribution in [0.2, 0.25) is 0 Å². The van der Waals surface area contributed by atoms with Gasteiger partial charge in [-0.25, -0.2) is 4.52 Å². The number of amides is 1. The van der Waals surface area contributed by atoms with Crippen molar-refractivity contribution < 1.29 is 4.79 Å². The molecule has 1 fully saturated rings. The van der Waals surface area contributed by atoms with Crippen LogP contribution in [0, 0.1) is 5.92 Å². The number of nitrogens with two attached hydrogens (primary N) is 1. The molecule has 0 atom stereocenters. The number of carbonyl (C=O) groups excluding carboxylic acids is 1. The molecule has 7 nitrogen and oxygen atoms in total. The van der Waals surface area contributed by atoms with E-state index in [2.05, 4.69) is 29.1 Å². The maximum absolute atomic E-state index is 12.6. The van der Waals surface area contributed by atoms with Crippen molar-refractivity contribution in [3.63, 3.8) is 0 Å². The molecule has 2 N–H and O–H groups in total. The first-order valence-corrected chi connectivity index (χ1v) is 8.67. The average molecular weight is 350 g/mol. The van der Waals surface area contributed by atoms with Crippen molar-refractivity contribution in [2.24, 2.45) is 5.92 Å². The summed E-state index contributed by atoms with van der Waals surface area (Å²) in [6, 6.07) is 13.4. The van der Waals surface area contributed by atoms with E-state index in [0.29, 0.717) is 17.1 Å². The summed E-state index contributed by atoms with van der Waals surface area (Å²) < 4.78 is 1.72. The Bertz CT molecular complexity index is 940. The minimum atomic E-state index is 0.0924. The van der Waals surface area contributed by atoms with E-state index in [9.17, 15) is 4.79 Å². The van der Waals surface area contributed by atoms with Gasteiger partial charge in [0.1, 0.15) is 0 Å². The summed E-state index contributed by atoms with van der Waals surface area (Å²) in [4.78, 5) is 20.8.